The Balaban J connectivity index is 2.67. The van der Waals surface area contributed by atoms with Crippen molar-refractivity contribution in [2.75, 3.05) is 42.0 Å². The largest absolute Gasteiger partial charge is 0.370 e. The molecule has 1 unspecified atom stereocenters. The maximum Gasteiger partial charge on any atom is 0.191 e. The lowest BCUT2D eigenvalue weighted by Crippen LogP contribution is -2.12. The molecule has 0 aliphatic carbocycles. The number of hydrogen-bond donors (Lipinski definition) is 2. The van der Waals surface area contributed by atoms with Crippen molar-refractivity contribution in [3.05, 3.63) is 6.07 Å². The SMILES string of the molecule is CCCNc1cc(NCCS(C)=O)nc(SC)n1. The molecule has 1 aromatic rings. The fraction of sp³-hybridized carbons (Fsp3) is 0.636. The lowest BCUT2D eigenvalue weighted by atomic mass is 10.4. The highest BCUT2D eigenvalue weighted by atomic mass is 32.2. The summed E-state index contributed by atoms with van der Waals surface area (Å²) in [4.78, 5) is 8.73. The van der Waals surface area contributed by atoms with Crippen molar-refractivity contribution in [3.8, 4) is 0 Å². The Morgan fingerprint density at radius 2 is 1.89 bits per heavy atom. The minimum Gasteiger partial charge on any atom is -0.370 e. The van der Waals surface area contributed by atoms with E-state index in [9.17, 15) is 4.21 Å². The van der Waals surface area contributed by atoms with E-state index in [-0.39, 0.29) is 0 Å². The van der Waals surface area contributed by atoms with E-state index in [0.717, 1.165) is 29.8 Å². The molecule has 0 saturated heterocycles. The van der Waals surface area contributed by atoms with Gasteiger partial charge in [0.1, 0.15) is 11.6 Å². The topological polar surface area (TPSA) is 66.9 Å². The van der Waals surface area contributed by atoms with Crippen LogP contribution in [0.5, 0.6) is 0 Å². The summed E-state index contributed by atoms with van der Waals surface area (Å²) in [7, 11) is -0.783. The molecular weight excluding hydrogens is 268 g/mol. The first-order chi connectivity index (χ1) is 8.65. The van der Waals surface area contributed by atoms with Crippen LogP contribution >= 0.6 is 11.8 Å². The number of rotatable bonds is 8. The molecule has 2 N–H and O–H groups in total. The van der Waals surface area contributed by atoms with Gasteiger partial charge in [0.2, 0.25) is 0 Å². The van der Waals surface area contributed by atoms with Gasteiger partial charge < -0.3 is 10.6 Å². The maximum atomic E-state index is 11.0. The lowest BCUT2D eigenvalue weighted by Gasteiger charge is -2.09. The zero-order chi connectivity index (χ0) is 13.4. The van der Waals surface area contributed by atoms with Crippen LogP contribution in [0.2, 0.25) is 0 Å². The molecule has 0 amide bonds. The lowest BCUT2D eigenvalue weighted by molar-refractivity contribution is 0.687. The Labute approximate surface area is 115 Å². The molecule has 7 heteroatoms. The third-order valence-corrected chi connectivity index (χ3v) is 3.47. The van der Waals surface area contributed by atoms with E-state index in [1.807, 2.05) is 12.3 Å². The van der Waals surface area contributed by atoms with Gasteiger partial charge >= 0.3 is 0 Å². The van der Waals surface area contributed by atoms with Gasteiger partial charge in [-0.3, -0.25) is 4.21 Å². The summed E-state index contributed by atoms with van der Waals surface area (Å²) in [6, 6.07) is 1.88. The van der Waals surface area contributed by atoms with E-state index >= 15 is 0 Å². The molecule has 0 aliphatic heterocycles. The van der Waals surface area contributed by atoms with Gasteiger partial charge in [0.25, 0.3) is 0 Å². The van der Waals surface area contributed by atoms with Crippen LogP contribution in [0.25, 0.3) is 0 Å². The summed E-state index contributed by atoms with van der Waals surface area (Å²) in [6.45, 7) is 3.66. The number of thioether (sulfide) groups is 1. The van der Waals surface area contributed by atoms with Gasteiger partial charge in [-0.15, -0.1) is 0 Å². The van der Waals surface area contributed by atoms with Crippen molar-refractivity contribution < 1.29 is 4.21 Å². The van der Waals surface area contributed by atoms with Crippen molar-refractivity contribution in [2.45, 2.75) is 18.5 Å². The van der Waals surface area contributed by atoms with Crippen molar-refractivity contribution in [1.29, 1.82) is 0 Å². The van der Waals surface area contributed by atoms with Crippen LogP contribution in [0.1, 0.15) is 13.3 Å². The van der Waals surface area contributed by atoms with Gasteiger partial charge in [0, 0.05) is 42.0 Å². The standard InChI is InChI=1S/C11H20N4OS2/c1-4-5-12-9-8-10(13-6-7-18(3)16)15-11(14-9)17-2/h8H,4-7H2,1-3H3,(H2,12,13,14,15). The Kier molecular flexibility index (Phi) is 7.04. The van der Waals surface area contributed by atoms with Crippen molar-refractivity contribution in [2.24, 2.45) is 0 Å². The van der Waals surface area contributed by atoms with Crippen molar-refractivity contribution >= 4 is 34.2 Å². The van der Waals surface area contributed by atoms with Crippen LogP contribution in [-0.4, -0.2) is 45.5 Å². The summed E-state index contributed by atoms with van der Waals surface area (Å²) < 4.78 is 11.0. The van der Waals surface area contributed by atoms with Gasteiger partial charge in [-0.05, 0) is 12.7 Å². The zero-order valence-electron chi connectivity index (χ0n) is 11.0. The predicted molar refractivity (Wildman–Crippen MR) is 80.0 cm³/mol. The van der Waals surface area contributed by atoms with Gasteiger partial charge in [-0.2, -0.15) is 0 Å². The molecule has 0 saturated carbocycles. The van der Waals surface area contributed by atoms with Gasteiger partial charge in [0.05, 0.1) is 0 Å². The van der Waals surface area contributed by atoms with Gasteiger partial charge in [-0.25, -0.2) is 9.97 Å². The number of hydrogen-bond acceptors (Lipinski definition) is 6. The minimum atomic E-state index is -0.783. The van der Waals surface area contributed by atoms with Crippen LogP contribution in [0, 0.1) is 0 Å². The van der Waals surface area contributed by atoms with Gasteiger partial charge in [0.15, 0.2) is 5.16 Å². The maximum absolute atomic E-state index is 11.0. The molecule has 1 atom stereocenters. The Bertz CT molecular complexity index is 401. The molecule has 0 bridgehead atoms. The quantitative estimate of drug-likeness (QED) is 0.562. The second kappa shape index (κ2) is 8.31. The van der Waals surface area contributed by atoms with E-state index in [1.165, 1.54) is 11.8 Å². The van der Waals surface area contributed by atoms with Crippen LogP contribution in [0.15, 0.2) is 11.2 Å². The minimum absolute atomic E-state index is 0.621. The van der Waals surface area contributed by atoms with E-state index in [1.54, 1.807) is 6.26 Å². The molecule has 5 nitrogen and oxygen atoms in total. The zero-order valence-corrected chi connectivity index (χ0v) is 12.7. The molecule has 0 aliphatic rings. The fourth-order valence-electron chi connectivity index (χ4n) is 1.27. The van der Waals surface area contributed by atoms with Crippen LogP contribution in [-0.2, 0) is 10.8 Å². The molecule has 0 radical (unpaired) electrons. The molecule has 1 aromatic heterocycles. The first-order valence-corrected chi connectivity index (χ1v) is 8.81. The number of aromatic nitrogens is 2. The molecule has 1 heterocycles. The highest BCUT2D eigenvalue weighted by Gasteiger charge is 2.03. The van der Waals surface area contributed by atoms with Crippen LogP contribution < -0.4 is 10.6 Å². The summed E-state index contributed by atoms with van der Waals surface area (Å²) in [6.07, 6.45) is 4.70. The fourth-order valence-corrected chi connectivity index (χ4v) is 2.04. The summed E-state index contributed by atoms with van der Waals surface area (Å²) in [5.41, 5.74) is 0. The third-order valence-electron chi connectivity index (χ3n) is 2.14. The molecule has 0 spiro atoms. The third kappa shape index (κ3) is 5.68. The summed E-state index contributed by atoms with van der Waals surface area (Å²) in [5.74, 6) is 2.23. The molecule has 18 heavy (non-hydrogen) atoms. The Morgan fingerprint density at radius 3 is 2.39 bits per heavy atom. The van der Waals surface area contributed by atoms with E-state index in [0.29, 0.717) is 12.3 Å². The van der Waals surface area contributed by atoms with E-state index < -0.39 is 10.8 Å². The van der Waals surface area contributed by atoms with Gasteiger partial charge in [-0.1, -0.05) is 18.7 Å². The predicted octanol–water partition coefficient (Wildman–Crippen LogP) is 1.81. The van der Waals surface area contributed by atoms with E-state index in [4.69, 9.17) is 0 Å². The second-order valence-electron chi connectivity index (χ2n) is 3.76. The Morgan fingerprint density at radius 1 is 1.28 bits per heavy atom. The number of nitrogens with one attached hydrogen (secondary N) is 2. The molecular formula is C11H20N4OS2. The summed E-state index contributed by atoms with van der Waals surface area (Å²) >= 11 is 1.51. The Hall–Kier alpha value is -0.820. The first-order valence-electron chi connectivity index (χ1n) is 5.86. The first kappa shape index (κ1) is 15.2. The molecule has 1 rings (SSSR count). The van der Waals surface area contributed by atoms with Crippen LogP contribution in [0.4, 0.5) is 11.6 Å². The molecule has 0 fully saturated rings. The average Bonchev–Trinajstić information content (AvgIpc) is 2.35. The second-order valence-corrected chi connectivity index (χ2v) is 6.08. The smallest absolute Gasteiger partial charge is 0.191 e. The number of nitrogens with zero attached hydrogens (tertiary/aromatic N) is 2. The highest BCUT2D eigenvalue weighted by molar-refractivity contribution is 7.98. The van der Waals surface area contributed by atoms with Crippen molar-refractivity contribution in [1.82, 2.24) is 9.97 Å². The highest BCUT2D eigenvalue weighted by Crippen LogP contribution is 2.17. The number of anilines is 2. The average molecular weight is 288 g/mol. The monoisotopic (exact) mass is 288 g/mol. The van der Waals surface area contributed by atoms with Crippen molar-refractivity contribution in [3.63, 3.8) is 0 Å². The normalized spacial score (nSPS) is 12.2. The molecule has 0 aromatic carbocycles. The van der Waals surface area contributed by atoms with Crippen LogP contribution in [0.3, 0.4) is 0 Å². The molecule has 102 valence electrons. The summed E-state index contributed by atoms with van der Waals surface area (Å²) in [5, 5.41) is 7.15. The van der Waals surface area contributed by atoms with E-state index in [2.05, 4.69) is 27.5 Å².